The fourth-order valence-electron chi connectivity index (χ4n) is 4.40. The van der Waals surface area contributed by atoms with Crippen molar-refractivity contribution in [1.82, 2.24) is 14.5 Å². The van der Waals surface area contributed by atoms with Crippen LogP contribution in [-0.2, 0) is 11.3 Å². The number of hydrogen-bond donors (Lipinski definition) is 0. The number of benzene rings is 2. The van der Waals surface area contributed by atoms with E-state index in [0.717, 1.165) is 24.9 Å². The third-order valence-electron chi connectivity index (χ3n) is 6.01. The summed E-state index contributed by atoms with van der Waals surface area (Å²) in [6.45, 7) is 3.22. The number of fused-ring (bicyclic) bond motifs is 1. The standard InChI is InChI=1S/C25H29N3O2S/c1-2-27(20-13-7-4-8-14-20)23(29)18-31-25-26-22-16-10-9-15-21(22)24(30)28(25)17-19-11-5-3-6-12-19/h3,5-6,9-12,15-16,20H,2,4,7-8,13-14,17-18H2,1H3. The maximum Gasteiger partial charge on any atom is 0.262 e. The third kappa shape index (κ3) is 5.01. The number of thioether (sulfide) groups is 1. The second kappa shape index (κ2) is 10.1. The Balaban J connectivity index is 1.60. The molecule has 3 aromatic rings. The van der Waals surface area contributed by atoms with Gasteiger partial charge in [-0.1, -0.05) is 73.5 Å². The Morgan fingerprint density at radius 1 is 1.06 bits per heavy atom. The predicted octanol–water partition coefficient (Wildman–Crippen LogP) is 4.72. The normalized spacial score (nSPS) is 14.6. The molecule has 4 rings (SSSR count). The van der Waals surface area contributed by atoms with Gasteiger partial charge in [-0.15, -0.1) is 0 Å². The number of nitrogens with zero attached hydrogens (tertiary/aromatic N) is 3. The Kier molecular flexibility index (Phi) is 7.07. The highest BCUT2D eigenvalue weighted by molar-refractivity contribution is 7.99. The lowest BCUT2D eigenvalue weighted by Gasteiger charge is -2.33. The molecule has 1 heterocycles. The molecule has 1 fully saturated rings. The number of amides is 1. The van der Waals surface area contributed by atoms with E-state index in [1.165, 1.54) is 31.0 Å². The van der Waals surface area contributed by atoms with Crippen molar-refractivity contribution in [3.05, 3.63) is 70.5 Å². The van der Waals surface area contributed by atoms with E-state index in [9.17, 15) is 9.59 Å². The van der Waals surface area contributed by atoms with Gasteiger partial charge in [-0.2, -0.15) is 0 Å². The first-order valence-corrected chi connectivity index (χ1v) is 12.1. The van der Waals surface area contributed by atoms with E-state index in [1.54, 1.807) is 4.57 Å². The zero-order chi connectivity index (χ0) is 21.6. The van der Waals surface area contributed by atoms with E-state index in [0.29, 0.717) is 34.4 Å². The van der Waals surface area contributed by atoms with Gasteiger partial charge in [-0.25, -0.2) is 4.98 Å². The molecule has 0 unspecified atom stereocenters. The molecule has 0 aliphatic heterocycles. The molecule has 0 atom stereocenters. The topological polar surface area (TPSA) is 55.2 Å². The van der Waals surface area contributed by atoms with Crippen molar-refractivity contribution in [2.24, 2.45) is 0 Å². The zero-order valence-electron chi connectivity index (χ0n) is 18.0. The highest BCUT2D eigenvalue weighted by Gasteiger charge is 2.24. The number of hydrogen-bond acceptors (Lipinski definition) is 4. The van der Waals surface area contributed by atoms with Gasteiger partial charge in [0.25, 0.3) is 5.56 Å². The van der Waals surface area contributed by atoms with Gasteiger partial charge in [-0.3, -0.25) is 14.2 Å². The van der Waals surface area contributed by atoms with Crippen LogP contribution in [0.2, 0.25) is 0 Å². The molecule has 2 aromatic carbocycles. The average Bonchev–Trinajstić information content (AvgIpc) is 2.82. The number of carbonyl (C=O) groups excluding carboxylic acids is 1. The largest absolute Gasteiger partial charge is 0.339 e. The molecule has 0 spiro atoms. The molecule has 162 valence electrons. The van der Waals surface area contributed by atoms with E-state index in [4.69, 9.17) is 4.98 Å². The fraction of sp³-hybridized carbons (Fsp3) is 0.400. The van der Waals surface area contributed by atoms with Crippen molar-refractivity contribution >= 4 is 28.6 Å². The van der Waals surface area contributed by atoms with Crippen LogP contribution < -0.4 is 5.56 Å². The second-order valence-electron chi connectivity index (χ2n) is 8.05. The fourth-order valence-corrected chi connectivity index (χ4v) is 5.29. The molecular formula is C25H29N3O2S. The Morgan fingerprint density at radius 2 is 1.77 bits per heavy atom. The van der Waals surface area contributed by atoms with Gasteiger partial charge < -0.3 is 4.90 Å². The van der Waals surface area contributed by atoms with Gasteiger partial charge in [0.1, 0.15) is 0 Å². The van der Waals surface area contributed by atoms with Gasteiger partial charge in [0.15, 0.2) is 5.16 Å². The summed E-state index contributed by atoms with van der Waals surface area (Å²) in [5.74, 6) is 0.428. The number of rotatable bonds is 7. The molecule has 1 aliphatic carbocycles. The van der Waals surface area contributed by atoms with Crippen molar-refractivity contribution in [3.63, 3.8) is 0 Å². The summed E-state index contributed by atoms with van der Waals surface area (Å²) in [6.07, 6.45) is 5.85. The van der Waals surface area contributed by atoms with E-state index < -0.39 is 0 Å². The minimum atomic E-state index is -0.0657. The van der Waals surface area contributed by atoms with Crippen molar-refractivity contribution in [1.29, 1.82) is 0 Å². The van der Waals surface area contributed by atoms with Gasteiger partial charge >= 0.3 is 0 Å². The zero-order valence-corrected chi connectivity index (χ0v) is 18.8. The average molecular weight is 436 g/mol. The lowest BCUT2D eigenvalue weighted by Crippen LogP contribution is -2.42. The van der Waals surface area contributed by atoms with Crippen LogP contribution in [0.5, 0.6) is 0 Å². The third-order valence-corrected chi connectivity index (χ3v) is 6.97. The van der Waals surface area contributed by atoms with Crippen LogP contribution in [0, 0.1) is 0 Å². The molecule has 0 saturated heterocycles. The first-order valence-electron chi connectivity index (χ1n) is 11.1. The molecule has 5 nitrogen and oxygen atoms in total. The van der Waals surface area contributed by atoms with Crippen LogP contribution in [0.25, 0.3) is 10.9 Å². The van der Waals surface area contributed by atoms with Crippen molar-refractivity contribution < 1.29 is 4.79 Å². The molecular weight excluding hydrogens is 406 g/mol. The van der Waals surface area contributed by atoms with Gasteiger partial charge in [-0.05, 0) is 37.5 Å². The monoisotopic (exact) mass is 435 g/mol. The molecule has 0 N–H and O–H groups in total. The first kappa shape index (κ1) is 21.6. The quantitative estimate of drug-likeness (QED) is 0.398. The summed E-state index contributed by atoms with van der Waals surface area (Å²) in [5, 5.41) is 1.20. The smallest absolute Gasteiger partial charge is 0.262 e. The lowest BCUT2D eigenvalue weighted by atomic mass is 9.94. The van der Waals surface area contributed by atoms with E-state index >= 15 is 0 Å². The molecule has 0 radical (unpaired) electrons. The molecule has 1 aromatic heterocycles. The summed E-state index contributed by atoms with van der Waals surface area (Å²) < 4.78 is 1.70. The highest BCUT2D eigenvalue weighted by Crippen LogP contribution is 2.25. The lowest BCUT2D eigenvalue weighted by molar-refractivity contribution is -0.131. The summed E-state index contributed by atoms with van der Waals surface area (Å²) in [6, 6.07) is 17.7. The van der Waals surface area contributed by atoms with Crippen molar-refractivity contribution in [2.45, 2.75) is 56.8 Å². The number of para-hydroxylation sites is 1. The Hall–Kier alpha value is -2.60. The molecule has 6 heteroatoms. The highest BCUT2D eigenvalue weighted by atomic mass is 32.2. The minimum absolute atomic E-state index is 0.0657. The van der Waals surface area contributed by atoms with Crippen LogP contribution in [0.3, 0.4) is 0 Å². The van der Waals surface area contributed by atoms with E-state index in [-0.39, 0.29) is 11.5 Å². The van der Waals surface area contributed by atoms with E-state index in [1.807, 2.05) is 59.5 Å². The molecule has 1 amide bonds. The van der Waals surface area contributed by atoms with Crippen LogP contribution in [-0.4, -0.2) is 38.7 Å². The summed E-state index contributed by atoms with van der Waals surface area (Å²) in [4.78, 5) is 33.1. The minimum Gasteiger partial charge on any atom is -0.339 e. The van der Waals surface area contributed by atoms with Gasteiger partial charge in [0.05, 0.1) is 23.2 Å². The summed E-state index contributed by atoms with van der Waals surface area (Å²) >= 11 is 1.37. The second-order valence-corrected chi connectivity index (χ2v) is 8.99. The molecule has 31 heavy (non-hydrogen) atoms. The number of carbonyl (C=O) groups is 1. The maximum atomic E-state index is 13.2. The number of aromatic nitrogens is 2. The predicted molar refractivity (Wildman–Crippen MR) is 127 cm³/mol. The van der Waals surface area contributed by atoms with Crippen LogP contribution in [0.15, 0.2) is 64.5 Å². The van der Waals surface area contributed by atoms with Crippen LogP contribution in [0.4, 0.5) is 0 Å². The van der Waals surface area contributed by atoms with Crippen LogP contribution in [0.1, 0.15) is 44.6 Å². The van der Waals surface area contributed by atoms with Crippen LogP contribution >= 0.6 is 11.8 Å². The maximum absolute atomic E-state index is 13.2. The SMILES string of the molecule is CCN(C(=O)CSc1nc2ccccc2c(=O)n1Cc1ccccc1)C1CCCCC1. The Bertz CT molecular complexity index is 1090. The van der Waals surface area contributed by atoms with E-state index in [2.05, 4.69) is 6.92 Å². The summed E-state index contributed by atoms with van der Waals surface area (Å²) in [7, 11) is 0. The van der Waals surface area contributed by atoms with Gasteiger partial charge in [0, 0.05) is 12.6 Å². The molecule has 0 bridgehead atoms. The molecule has 1 aliphatic rings. The molecule has 1 saturated carbocycles. The summed E-state index contributed by atoms with van der Waals surface area (Å²) in [5.41, 5.74) is 1.64. The first-order chi connectivity index (χ1) is 15.2. The van der Waals surface area contributed by atoms with Crippen molar-refractivity contribution in [3.8, 4) is 0 Å². The Labute approximate surface area is 187 Å². The van der Waals surface area contributed by atoms with Crippen molar-refractivity contribution in [2.75, 3.05) is 12.3 Å². The Morgan fingerprint density at radius 3 is 2.52 bits per heavy atom. The van der Waals surface area contributed by atoms with Gasteiger partial charge in [0.2, 0.25) is 5.91 Å².